The Bertz CT molecular complexity index is 389. The minimum absolute atomic E-state index is 0.0894. The van der Waals surface area contributed by atoms with Crippen LogP contribution in [-0.2, 0) is 0 Å². The molecule has 102 valence electrons. The van der Waals surface area contributed by atoms with E-state index in [1.54, 1.807) is 0 Å². The molecule has 0 aliphatic rings. The fourth-order valence-electron chi connectivity index (χ4n) is 2.10. The lowest BCUT2D eigenvalue weighted by atomic mass is 9.89. The van der Waals surface area contributed by atoms with Gasteiger partial charge in [0, 0.05) is 11.6 Å². The Labute approximate surface area is 112 Å². The van der Waals surface area contributed by atoms with Crippen molar-refractivity contribution in [3.05, 3.63) is 34.9 Å². The lowest BCUT2D eigenvalue weighted by molar-refractivity contribution is 0.432. The second kappa shape index (κ2) is 5.85. The Morgan fingerprint density at radius 1 is 1.22 bits per heavy atom. The highest BCUT2D eigenvalue weighted by atomic mass is 14.7. The molecule has 0 fully saturated rings. The first-order valence-corrected chi connectivity index (χ1v) is 6.85. The van der Waals surface area contributed by atoms with Crippen LogP contribution in [0.5, 0.6) is 0 Å². The molecule has 0 amide bonds. The van der Waals surface area contributed by atoms with Gasteiger partial charge < -0.3 is 11.5 Å². The van der Waals surface area contributed by atoms with Crippen LogP contribution in [0.2, 0.25) is 0 Å². The van der Waals surface area contributed by atoms with Crippen LogP contribution < -0.4 is 11.5 Å². The van der Waals surface area contributed by atoms with Crippen molar-refractivity contribution in [3.63, 3.8) is 0 Å². The smallest absolute Gasteiger partial charge is 0.0298 e. The van der Waals surface area contributed by atoms with Crippen molar-refractivity contribution in [2.24, 2.45) is 11.5 Å². The van der Waals surface area contributed by atoms with Crippen molar-refractivity contribution in [2.75, 3.05) is 0 Å². The molecule has 1 aromatic rings. The minimum atomic E-state index is -0.138. The van der Waals surface area contributed by atoms with Crippen molar-refractivity contribution < 1.29 is 0 Å². The van der Waals surface area contributed by atoms with Gasteiger partial charge in [-0.2, -0.15) is 0 Å². The van der Waals surface area contributed by atoms with Gasteiger partial charge in [0.15, 0.2) is 0 Å². The molecule has 2 nitrogen and oxygen atoms in total. The molecule has 0 heterocycles. The zero-order chi connectivity index (χ0) is 13.9. The normalized spacial score (nSPS) is 14.0. The fourth-order valence-corrected chi connectivity index (χ4v) is 2.10. The Kier molecular flexibility index (Phi) is 4.94. The summed E-state index contributed by atoms with van der Waals surface area (Å²) in [5.41, 5.74) is 16.1. The highest BCUT2D eigenvalue weighted by Crippen LogP contribution is 2.26. The molecule has 4 N–H and O–H groups in total. The third-order valence-corrected chi connectivity index (χ3v) is 3.47. The van der Waals surface area contributed by atoms with Gasteiger partial charge in [-0.05, 0) is 56.2 Å². The Hall–Kier alpha value is -0.860. The van der Waals surface area contributed by atoms with Gasteiger partial charge in [-0.25, -0.2) is 0 Å². The van der Waals surface area contributed by atoms with Crippen molar-refractivity contribution in [3.8, 4) is 0 Å². The molecular weight excluding hydrogens is 220 g/mol. The monoisotopic (exact) mass is 248 g/mol. The largest absolute Gasteiger partial charge is 0.326 e. The summed E-state index contributed by atoms with van der Waals surface area (Å²) in [7, 11) is 0. The molecule has 1 unspecified atom stereocenters. The van der Waals surface area contributed by atoms with Crippen LogP contribution >= 0.6 is 0 Å². The van der Waals surface area contributed by atoms with Crippen LogP contribution in [0.4, 0.5) is 0 Å². The summed E-state index contributed by atoms with van der Waals surface area (Å²) in [5, 5.41) is 0. The third-order valence-electron chi connectivity index (χ3n) is 3.47. The molecule has 0 saturated heterocycles. The average molecular weight is 248 g/mol. The SMILES string of the molecule is Cc1ccc(C(C)C)cc1C(N)CCC(C)(C)N. The number of benzene rings is 1. The van der Waals surface area contributed by atoms with E-state index in [0.717, 1.165) is 12.8 Å². The fraction of sp³-hybridized carbons (Fsp3) is 0.625. The van der Waals surface area contributed by atoms with Crippen LogP contribution in [0.3, 0.4) is 0 Å². The first kappa shape index (κ1) is 15.2. The van der Waals surface area contributed by atoms with Crippen molar-refractivity contribution in [1.82, 2.24) is 0 Å². The molecule has 0 radical (unpaired) electrons. The number of aryl methyl sites for hydroxylation is 1. The van der Waals surface area contributed by atoms with Gasteiger partial charge >= 0.3 is 0 Å². The van der Waals surface area contributed by atoms with Crippen molar-refractivity contribution >= 4 is 0 Å². The molecule has 0 aliphatic carbocycles. The summed E-state index contributed by atoms with van der Waals surface area (Å²) in [6.07, 6.45) is 1.88. The Balaban J connectivity index is 2.84. The van der Waals surface area contributed by atoms with Gasteiger partial charge in [0.1, 0.15) is 0 Å². The Morgan fingerprint density at radius 2 is 1.83 bits per heavy atom. The van der Waals surface area contributed by atoms with E-state index in [2.05, 4.69) is 52.8 Å². The van der Waals surface area contributed by atoms with Crippen LogP contribution in [0.25, 0.3) is 0 Å². The van der Waals surface area contributed by atoms with Crippen LogP contribution in [0, 0.1) is 6.92 Å². The van der Waals surface area contributed by atoms with E-state index in [-0.39, 0.29) is 11.6 Å². The van der Waals surface area contributed by atoms with E-state index in [1.165, 1.54) is 16.7 Å². The lowest BCUT2D eigenvalue weighted by Gasteiger charge is -2.23. The molecule has 0 spiro atoms. The molecule has 1 rings (SSSR count). The van der Waals surface area contributed by atoms with E-state index in [1.807, 2.05) is 0 Å². The summed E-state index contributed by atoms with van der Waals surface area (Å²) >= 11 is 0. The first-order valence-electron chi connectivity index (χ1n) is 6.85. The van der Waals surface area contributed by atoms with Gasteiger partial charge in [0.2, 0.25) is 0 Å². The molecule has 0 bridgehead atoms. The molecule has 0 aromatic heterocycles. The van der Waals surface area contributed by atoms with E-state index >= 15 is 0 Å². The average Bonchev–Trinajstić information content (AvgIpc) is 2.25. The Morgan fingerprint density at radius 3 is 2.33 bits per heavy atom. The van der Waals surface area contributed by atoms with Crippen molar-refractivity contribution in [2.45, 2.75) is 65.0 Å². The highest BCUT2D eigenvalue weighted by Gasteiger charge is 2.16. The van der Waals surface area contributed by atoms with E-state index in [4.69, 9.17) is 11.5 Å². The molecular formula is C16H28N2. The maximum absolute atomic E-state index is 6.32. The maximum Gasteiger partial charge on any atom is 0.0298 e. The van der Waals surface area contributed by atoms with E-state index in [9.17, 15) is 0 Å². The first-order chi connectivity index (χ1) is 8.20. The maximum atomic E-state index is 6.32. The number of hydrogen-bond donors (Lipinski definition) is 2. The summed E-state index contributed by atoms with van der Waals surface area (Å²) < 4.78 is 0. The predicted octanol–water partition coefficient (Wildman–Crippen LogP) is 3.64. The second-order valence-corrected chi connectivity index (χ2v) is 6.40. The van der Waals surface area contributed by atoms with Crippen molar-refractivity contribution in [1.29, 1.82) is 0 Å². The number of rotatable bonds is 5. The predicted molar refractivity (Wildman–Crippen MR) is 79.7 cm³/mol. The topological polar surface area (TPSA) is 52.0 Å². The zero-order valence-corrected chi connectivity index (χ0v) is 12.5. The van der Waals surface area contributed by atoms with Gasteiger partial charge in [0.05, 0.1) is 0 Å². The summed E-state index contributed by atoms with van der Waals surface area (Å²) in [5.74, 6) is 0.544. The second-order valence-electron chi connectivity index (χ2n) is 6.40. The quantitative estimate of drug-likeness (QED) is 0.836. The van der Waals surface area contributed by atoms with Gasteiger partial charge in [0.25, 0.3) is 0 Å². The third kappa shape index (κ3) is 4.43. The molecule has 1 atom stereocenters. The standard InChI is InChI=1S/C16H28N2/c1-11(2)13-7-6-12(3)14(10-13)15(17)8-9-16(4,5)18/h6-7,10-11,15H,8-9,17-18H2,1-5H3. The lowest BCUT2D eigenvalue weighted by Crippen LogP contribution is -2.32. The number of nitrogens with two attached hydrogens (primary N) is 2. The molecule has 0 saturated carbocycles. The van der Waals surface area contributed by atoms with E-state index < -0.39 is 0 Å². The van der Waals surface area contributed by atoms with E-state index in [0.29, 0.717) is 5.92 Å². The van der Waals surface area contributed by atoms with Gasteiger partial charge in [-0.15, -0.1) is 0 Å². The van der Waals surface area contributed by atoms with Gasteiger partial charge in [-0.3, -0.25) is 0 Å². The van der Waals surface area contributed by atoms with Gasteiger partial charge in [-0.1, -0.05) is 32.0 Å². The molecule has 2 heteroatoms. The van der Waals surface area contributed by atoms with Crippen LogP contribution in [-0.4, -0.2) is 5.54 Å². The van der Waals surface area contributed by atoms with Crippen LogP contribution in [0.15, 0.2) is 18.2 Å². The molecule has 1 aromatic carbocycles. The minimum Gasteiger partial charge on any atom is -0.326 e. The summed E-state index contributed by atoms with van der Waals surface area (Å²) in [6, 6.07) is 6.72. The summed E-state index contributed by atoms with van der Waals surface area (Å²) in [6.45, 7) is 10.7. The molecule has 0 aliphatic heterocycles. The molecule has 18 heavy (non-hydrogen) atoms. The zero-order valence-electron chi connectivity index (χ0n) is 12.5. The van der Waals surface area contributed by atoms with Crippen LogP contribution in [0.1, 0.15) is 69.2 Å². The summed E-state index contributed by atoms with van der Waals surface area (Å²) in [4.78, 5) is 0. The highest BCUT2D eigenvalue weighted by molar-refractivity contribution is 5.34. The number of hydrogen-bond acceptors (Lipinski definition) is 2.